The van der Waals surface area contributed by atoms with Crippen molar-refractivity contribution in [1.29, 1.82) is 0 Å². The molecule has 0 aromatic carbocycles. The zero-order chi connectivity index (χ0) is 17.9. The Labute approximate surface area is 158 Å². The number of aromatic amines is 1. The van der Waals surface area contributed by atoms with Crippen LogP contribution in [-0.2, 0) is 18.4 Å². The van der Waals surface area contributed by atoms with Crippen LogP contribution >= 0.6 is 15.9 Å². The van der Waals surface area contributed by atoms with E-state index in [1.165, 1.54) is 49.2 Å². The number of nitrogens with zero attached hydrogens (tertiary/aromatic N) is 3. The maximum absolute atomic E-state index is 14.1. The lowest BCUT2D eigenvalue weighted by atomic mass is 9.92. The molecule has 2 unspecified atom stereocenters. The third-order valence-electron chi connectivity index (χ3n) is 6.19. The standard InChI is InChI=1S/C18H19BrFN5O/c19-16-14(20)13(3-6-21-16)22-17(26)25-7-4-12-11(9-25)15(24-23-12)18-5-1-2-10(18)8-18/h3,6,10H,1-2,4-5,7-9H2,(H,23,24)(H,21,22,26). The fraction of sp³-hybridized carbons (Fsp3) is 0.500. The normalized spacial score (nSPS) is 26.4. The fourth-order valence-corrected chi connectivity index (χ4v) is 5.06. The number of aromatic nitrogens is 3. The maximum atomic E-state index is 14.1. The molecule has 2 aromatic rings. The van der Waals surface area contributed by atoms with Gasteiger partial charge in [-0.1, -0.05) is 6.42 Å². The lowest BCUT2D eigenvalue weighted by Gasteiger charge is -2.28. The molecule has 136 valence electrons. The summed E-state index contributed by atoms with van der Waals surface area (Å²) < 4.78 is 14.2. The number of halogens is 2. The third kappa shape index (κ3) is 2.38. The van der Waals surface area contributed by atoms with Crippen LogP contribution in [0.5, 0.6) is 0 Å². The summed E-state index contributed by atoms with van der Waals surface area (Å²) in [5, 5.41) is 10.5. The first-order valence-electron chi connectivity index (χ1n) is 9.01. The quantitative estimate of drug-likeness (QED) is 0.728. The van der Waals surface area contributed by atoms with Gasteiger partial charge in [-0.2, -0.15) is 5.10 Å². The minimum atomic E-state index is -0.562. The van der Waals surface area contributed by atoms with E-state index >= 15 is 0 Å². The van der Waals surface area contributed by atoms with Crippen molar-refractivity contribution >= 4 is 27.6 Å². The molecule has 3 heterocycles. The molecule has 1 aliphatic heterocycles. The predicted molar refractivity (Wildman–Crippen MR) is 97.3 cm³/mol. The zero-order valence-corrected chi connectivity index (χ0v) is 15.8. The van der Waals surface area contributed by atoms with E-state index in [0.717, 1.165) is 18.0 Å². The van der Waals surface area contributed by atoms with Crippen LogP contribution in [0.1, 0.15) is 42.6 Å². The van der Waals surface area contributed by atoms with Crippen LogP contribution < -0.4 is 5.32 Å². The zero-order valence-electron chi connectivity index (χ0n) is 14.2. The van der Waals surface area contributed by atoms with Crippen LogP contribution in [0.25, 0.3) is 0 Å². The van der Waals surface area contributed by atoms with Crippen LogP contribution in [-0.4, -0.2) is 32.7 Å². The van der Waals surface area contributed by atoms with E-state index in [1.807, 2.05) is 0 Å². The lowest BCUT2D eigenvalue weighted by molar-refractivity contribution is 0.205. The molecule has 6 nitrogen and oxygen atoms in total. The van der Waals surface area contributed by atoms with Gasteiger partial charge in [0.15, 0.2) is 5.82 Å². The summed E-state index contributed by atoms with van der Waals surface area (Å²) >= 11 is 3.04. The molecule has 2 aliphatic carbocycles. The van der Waals surface area contributed by atoms with E-state index in [-0.39, 0.29) is 21.7 Å². The molecule has 2 amide bonds. The highest BCUT2D eigenvalue weighted by molar-refractivity contribution is 9.10. The van der Waals surface area contributed by atoms with Crippen molar-refractivity contribution in [1.82, 2.24) is 20.1 Å². The van der Waals surface area contributed by atoms with Gasteiger partial charge < -0.3 is 10.2 Å². The Kier molecular flexibility index (Phi) is 3.60. The second-order valence-electron chi connectivity index (χ2n) is 7.54. The van der Waals surface area contributed by atoms with Crippen LogP contribution in [0.3, 0.4) is 0 Å². The highest BCUT2D eigenvalue weighted by Gasteiger charge is 2.60. The number of hydrogen-bond donors (Lipinski definition) is 2. The number of hydrogen-bond acceptors (Lipinski definition) is 3. The Bertz CT molecular complexity index is 900. The number of carbonyl (C=O) groups is 1. The molecule has 0 saturated heterocycles. The third-order valence-corrected chi connectivity index (χ3v) is 6.74. The van der Waals surface area contributed by atoms with Crippen LogP contribution in [0, 0.1) is 11.7 Å². The molecule has 0 bridgehead atoms. The van der Waals surface area contributed by atoms with E-state index in [9.17, 15) is 9.18 Å². The van der Waals surface area contributed by atoms with Gasteiger partial charge in [0.05, 0.1) is 17.9 Å². The van der Waals surface area contributed by atoms with Crippen molar-refractivity contribution < 1.29 is 9.18 Å². The van der Waals surface area contributed by atoms with E-state index in [0.29, 0.717) is 13.1 Å². The number of pyridine rings is 1. The Balaban J connectivity index is 1.36. The second kappa shape index (κ2) is 5.77. The second-order valence-corrected chi connectivity index (χ2v) is 8.29. The molecule has 2 fully saturated rings. The van der Waals surface area contributed by atoms with Crippen molar-refractivity contribution in [3.63, 3.8) is 0 Å². The van der Waals surface area contributed by atoms with E-state index < -0.39 is 5.82 Å². The van der Waals surface area contributed by atoms with Crippen molar-refractivity contribution in [2.75, 3.05) is 11.9 Å². The maximum Gasteiger partial charge on any atom is 0.322 e. The van der Waals surface area contributed by atoms with E-state index in [4.69, 9.17) is 0 Å². The fourth-order valence-electron chi connectivity index (χ4n) is 4.73. The molecular formula is C18H19BrFN5O. The lowest BCUT2D eigenvalue weighted by Crippen LogP contribution is -2.39. The Hall–Kier alpha value is -1.96. The number of anilines is 1. The van der Waals surface area contributed by atoms with Gasteiger partial charge >= 0.3 is 6.03 Å². The Morgan fingerprint density at radius 2 is 2.38 bits per heavy atom. The number of H-pyrrole nitrogens is 1. The summed E-state index contributed by atoms with van der Waals surface area (Å²) in [4.78, 5) is 18.2. The van der Waals surface area contributed by atoms with Gasteiger partial charge in [-0.25, -0.2) is 14.2 Å². The summed E-state index contributed by atoms with van der Waals surface area (Å²) in [5.74, 6) is 0.204. The summed E-state index contributed by atoms with van der Waals surface area (Å²) in [7, 11) is 0. The minimum Gasteiger partial charge on any atom is -0.320 e. The van der Waals surface area contributed by atoms with Gasteiger partial charge in [0.1, 0.15) is 4.60 Å². The topological polar surface area (TPSA) is 73.9 Å². The molecule has 3 aliphatic rings. The van der Waals surface area contributed by atoms with E-state index in [2.05, 4.69) is 36.4 Å². The first-order chi connectivity index (χ1) is 12.6. The monoisotopic (exact) mass is 419 g/mol. The van der Waals surface area contributed by atoms with Gasteiger partial charge in [-0.3, -0.25) is 5.10 Å². The van der Waals surface area contributed by atoms with Gasteiger partial charge in [-0.05, 0) is 47.2 Å². The molecule has 2 N–H and O–H groups in total. The Morgan fingerprint density at radius 3 is 3.15 bits per heavy atom. The van der Waals surface area contributed by atoms with E-state index in [1.54, 1.807) is 4.90 Å². The number of nitrogens with one attached hydrogen (secondary N) is 2. The molecule has 2 atom stereocenters. The SMILES string of the molecule is O=C(Nc1ccnc(Br)c1F)N1CCc2[nH]nc(C34CCCC3C4)c2C1. The number of carbonyl (C=O) groups excluding carboxylic acids is 1. The summed E-state index contributed by atoms with van der Waals surface area (Å²) in [6.07, 6.45) is 7.20. The molecule has 5 rings (SSSR count). The van der Waals surface area contributed by atoms with Gasteiger partial charge in [-0.15, -0.1) is 0 Å². The average Bonchev–Trinajstić information content (AvgIpc) is 3.00. The molecule has 8 heteroatoms. The van der Waals surface area contributed by atoms with Crippen molar-refractivity contribution in [2.24, 2.45) is 5.92 Å². The summed E-state index contributed by atoms with van der Waals surface area (Å²) in [5.41, 5.74) is 3.88. The van der Waals surface area contributed by atoms with Crippen molar-refractivity contribution in [3.8, 4) is 0 Å². The predicted octanol–water partition coefficient (Wildman–Crippen LogP) is 3.74. The molecule has 2 aromatic heterocycles. The van der Waals surface area contributed by atoms with Crippen LogP contribution in [0.15, 0.2) is 16.9 Å². The summed E-state index contributed by atoms with van der Waals surface area (Å²) in [6.45, 7) is 1.11. The minimum absolute atomic E-state index is 0.0912. The number of rotatable bonds is 2. The molecule has 0 spiro atoms. The average molecular weight is 420 g/mol. The Morgan fingerprint density at radius 1 is 1.50 bits per heavy atom. The van der Waals surface area contributed by atoms with Gasteiger partial charge in [0.2, 0.25) is 0 Å². The van der Waals surface area contributed by atoms with Crippen molar-refractivity contribution in [2.45, 2.75) is 44.1 Å². The molecule has 0 radical (unpaired) electrons. The largest absolute Gasteiger partial charge is 0.322 e. The smallest absolute Gasteiger partial charge is 0.320 e. The van der Waals surface area contributed by atoms with Crippen LogP contribution in [0.2, 0.25) is 0 Å². The molecule has 26 heavy (non-hydrogen) atoms. The first kappa shape index (κ1) is 16.2. The summed E-state index contributed by atoms with van der Waals surface area (Å²) in [6, 6.07) is 1.17. The highest BCUT2D eigenvalue weighted by Crippen LogP contribution is 2.64. The highest BCUT2D eigenvalue weighted by atomic mass is 79.9. The van der Waals surface area contributed by atoms with Crippen LogP contribution in [0.4, 0.5) is 14.9 Å². The number of amides is 2. The molecule has 2 saturated carbocycles. The van der Waals surface area contributed by atoms with Gasteiger partial charge in [0.25, 0.3) is 0 Å². The number of urea groups is 1. The number of fused-ring (bicyclic) bond motifs is 2. The first-order valence-corrected chi connectivity index (χ1v) is 9.80. The van der Waals surface area contributed by atoms with Crippen molar-refractivity contribution in [3.05, 3.63) is 39.6 Å². The van der Waals surface area contributed by atoms with Gasteiger partial charge in [0, 0.05) is 35.8 Å². The molecular weight excluding hydrogens is 401 g/mol.